The molecule has 2 aromatic carbocycles. The summed E-state index contributed by atoms with van der Waals surface area (Å²) in [6.07, 6.45) is -2.45. The van der Waals surface area contributed by atoms with Crippen LogP contribution in [0.4, 0.5) is 28.0 Å². The monoisotopic (exact) mass is 556 g/mol. The Bertz CT molecular complexity index is 1200. The van der Waals surface area contributed by atoms with Crippen molar-refractivity contribution in [2.75, 3.05) is 38.7 Å². The molecule has 2 unspecified atom stereocenters. The van der Waals surface area contributed by atoms with Crippen LogP contribution in [0, 0.1) is 5.82 Å². The number of carbonyl (C=O) groups excluding carboxylic acids is 2. The summed E-state index contributed by atoms with van der Waals surface area (Å²) in [7, 11) is 1.37. The first-order valence-electron chi connectivity index (χ1n) is 11.7. The average molecular weight is 557 g/mol. The molecule has 38 heavy (non-hydrogen) atoms. The largest absolute Gasteiger partial charge is 0.573 e. The molecule has 2 atom stereocenters. The lowest BCUT2D eigenvalue weighted by Gasteiger charge is -2.49. The molecule has 0 radical (unpaired) electrons. The van der Waals surface area contributed by atoms with Crippen LogP contribution < -0.4 is 15.4 Å². The smallest absolute Gasteiger partial charge is 0.404 e. The molecule has 8 nitrogen and oxygen atoms in total. The summed E-state index contributed by atoms with van der Waals surface area (Å²) in [5.74, 6) is -1.34. The van der Waals surface area contributed by atoms with E-state index in [2.05, 4.69) is 20.3 Å². The topological polar surface area (TPSA) is 83.1 Å². The number of anilines is 1. The summed E-state index contributed by atoms with van der Waals surface area (Å²) >= 11 is 5.93. The molecule has 0 aliphatic carbocycles. The number of hydrogen-bond acceptors (Lipinski definition) is 5. The molecule has 2 heterocycles. The van der Waals surface area contributed by atoms with Gasteiger partial charge in [-0.25, -0.2) is 9.18 Å². The van der Waals surface area contributed by atoms with Crippen LogP contribution in [0.15, 0.2) is 42.5 Å². The van der Waals surface area contributed by atoms with Gasteiger partial charge in [0.1, 0.15) is 11.6 Å². The third-order valence-electron chi connectivity index (χ3n) is 6.13. The lowest BCUT2D eigenvalue weighted by atomic mass is 10.0. The molecule has 0 spiro atoms. The number of amides is 3. The number of nitrogens with one attached hydrogen (secondary N) is 2. The first kappa shape index (κ1) is 27.7. The zero-order valence-corrected chi connectivity index (χ0v) is 21.0. The molecular formula is C25H25ClF4N4O4. The summed E-state index contributed by atoms with van der Waals surface area (Å²) in [4.78, 5) is 29.0. The number of halogens is 5. The van der Waals surface area contributed by atoms with E-state index < -0.39 is 18.1 Å². The van der Waals surface area contributed by atoms with E-state index in [1.54, 1.807) is 17.0 Å². The number of morpholine rings is 1. The highest BCUT2D eigenvalue weighted by Crippen LogP contribution is 2.35. The summed E-state index contributed by atoms with van der Waals surface area (Å²) in [6.45, 7) is 2.29. The predicted molar refractivity (Wildman–Crippen MR) is 132 cm³/mol. The van der Waals surface area contributed by atoms with Crippen LogP contribution in [0.3, 0.4) is 0 Å². The minimum Gasteiger partial charge on any atom is -0.404 e. The van der Waals surface area contributed by atoms with Crippen molar-refractivity contribution < 1.29 is 36.6 Å². The second-order valence-corrected chi connectivity index (χ2v) is 9.27. The van der Waals surface area contributed by atoms with Crippen molar-refractivity contribution in [2.45, 2.75) is 25.0 Å². The van der Waals surface area contributed by atoms with Gasteiger partial charge in [-0.05, 0) is 35.9 Å². The lowest BCUT2D eigenvalue weighted by molar-refractivity contribution is -0.274. The van der Waals surface area contributed by atoms with Crippen LogP contribution in [0.5, 0.6) is 5.75 Å². The molecule has 2 saturated heterocycles. The Balaban J connectivity index is 1.52. The van der Waals surface area contributed by atoms with Crippen molar-refractivity contribution in [1.29, 1.82) is 0 Å². The molecular weight excluding hydrogens is 532 g/mol. The zero-order valence-electron chi connectivity index (χ0n) is 20.2. The summed E-state index contributed by atoms with van der Waals surface area (Å²) < 4.78 is 61.3. The molecule has 2 bridgehead atoms. The van der Waals surface area contributed by atoms with Crippen LogP contribution >= 0.6 is 11.6 Å². The SMILES string of the molecule is CNC(=O)Nc1cc(Cl)c(OC(F)(F)F)cc1/C=C/C(=O)N1C2COCC1CN(Cc1ccc(F)cc1)C2. The van der Waals surface area contributed by atoms with Crippen LogP contribution in [0.1, 0.15) is 11.1 Å². The third kappa shape index (κ3) is 6.94. The van der Waals surface area contributed by atoms with Gasteiger partial charge in [0.05, 0.1) is 36.0 Å². The summed E-state index contributed by atoms with van der Waals surface area (Å²) in [6, 6.07) is 7.21. The van der Waals surface area contributed by atoms with Crippen LogP contribution in [-0.2, 0) is 16.1 Å². The van der Waals surface area contributed by atoms with Gasteiger partial charge in [0, 0.05) is 38.3 Å². The van der Waals surface area contributed by atoms with E-state index in [0.29, 0.717) is 32.8 Å². The Kier molecular flexibility index (Phi) is 8.44. The van der Waals surface area contributed by atoms with Gasteiger partial charge in [-0.15, -0.1) is 13.2 Å². The first-order valence-corrected chi connectivity index (χ1v) is 12.0. The van der Waals surface area contributed by atoms with Crippen LogP contribution in [0.2, 0.25) is 5.02 Å². The van der Waals surface area contributed by atoms with Crippen molar-refractivity contribution >= 4 is 35.3 Å². The van der Waals surface area contributed by atoms with Gasteiger partial charge in [0.25, 0.3) is 0 Å². The lowest BCUT2D eigenvalue weighted by Crippen LogP contribution is -2.65. The summed E-state index contributed by atoms with van der Waals surface area (Å²) in [5, 5.41) is 4.43. The molecule has 2 aliphatic rings. The Morgan fingerprint density at radius 3 is 2.42 bits per heavy atom. The maximum absolute atomic E-state index is 13.2. The number of piperazine rings is 1. The van der Waals surface area contributed by atoms with Gasteiger partial charge in [-0.3, -0.25) is 9.69 Å². The van der Waals surface area contributed by atoms with Gasteiger partial charge >= 0.3 is 12.4 Å². The Hall–Kier alpha value is -3.35. The predicted octanol–water partition coefficient (Wildman–Crippen LogP) is 4.25. The highest BCUT2D eigenvalue weighted by molar-refractivity contribution is 6.32. The first-order chi connectivity index (χ1) is 18.0. The maximum atomic E-state index is 13.2. The number of alkyl halides is 3. The van der Waals surface area contributed by atoms with Crippen molar-refractivity contribution in [1.82, 2.24) is 15.1 Å². The van der Waals surface area contributed by atoms with Crippen LogP contribution in [-0.4, -0.2) is 73.5 Å². The molecule has 204 valence electrons. The minimum absolute atomic E-state index is 0.0839. The fourth-order valence-electron chi connectivity index (χ4n) is 4.54. The van der Waals surface area contributed by atoms with E-state index in [1.165, 1.54) is 31.3 Å². The Labute approximate surface area is 221 Å². The van der Waals surface area contributed by atoms with E-state index >= 15 is 0 Å². The molecule has 0 aromatic heterocycles. The van der Waals surface area contributed by atoms with Gasteiger partial charge in [0.2, 0.25) is 5.91 Å². The highest BCUT2D eigenvalue weighted by Gasteiger charge is 2.40. The second-order valence-electron chi connectivity index (χ2n) is 8.87. The van der Waals surface area contributed by atoms with E-state index in [4.69, 9.17) is 16.3 Å². The number of benzene rings is 2. The average Bonchev–Trinajstić information content (AvgIpc) is 2.84. The number of carbonyl (C=O) groups is 2. The normalized spacial score (nSPS) is 19.9. The zero-order chi connectivity index (χ0) is 27.4. The molecule has 2 aromatic rings. The highest BCUT2D eigenvalue weighted by atomic mass is 35.5. The standard InChI is InChI=1S/C25H25ClF4N4O4/c1-31-24(36)32-21-9-20(26)22(38-25(28,29)30)8-16(21)4-7-23(35)34-18-11-33(12-19(34)14-37-13-18)10-15-2-5-17(27)6-3-15/h2-9,18-19H,10-14H2,1H3,(H2,31,32,36)/b7-4+. The number of urea groups is 1. The number of ether oxygens (including phenoxy) is 2. The minimum atomic E-state index is -4.98. The number of fused-ring (bicyclic) bond motifs is 2. The number of nitrogens with zero attached hydrogens (tertiary/aromatic N) is 2. The van der Waals surface area contributed by atoms with Crippen molar-refractivity contribution in [2.24, 2.45) is 0 Å². The van der Waals surface area contributed by atoms with Crippen molar-refractivity contribution in [3.63, 3.8) is 0 Å². The molecule has 2 aliphatic heterocycles. The number of hydrogen-bond donors (Lipinski definition) is 2. The molecule has 2 N–H and O–H groups in total. The van der Waals surface area contributed by atoms with E-state index in [1.807, 2.05) is 0 Å². The number of rotatable bonds is 6. The third-order valence-corrected chi connectivity index (χ3v) is 6.42. The maximum Gasteiger partial charge on any atom is 0.573 e. The molecule has 4 rings (SSSR count). The summed E-state index contributed by atoms with van der Waals surface area (Å²) in [5.41, 5.74) is 1.11. The van der Waals surface area contributed by atoms with Gasteiger partial charge in [-0.2, -0.15) is 0 Å². The molecule has 0 saturated carbocycles. The second kappa shape index (κ2) is 11.6. The Morgan fingerprint density at radius 2 is 1.82 bits per heavy atom. The van der Waals surface area contributed by atoms with Gasteiger partial charge in [-0.1, -0.05) is 23.7 Å². The fourth-order valence-corrected chi connectivity index (χ4v) is 4.74. The van der Waals surface area contributed by atoms with E-state index in [9.17, 15) is 27.2 Å². The molecule has 3 amide bonds. The van der Waals surface area contributed by atoms with Crippen molar-refractivity contribution in [3.05, 3.63) is 64.4 Å². The van der Waals surface area contributed by atoms with Gasteiger partial charge < -0.3 is 25.0 Å². The Morgan fingerprint density at radius 1 is 1.16 bits per heavy atom. The van der Waals surface area contributed by atoms with Crippen LogP contribution in [0.25, 0.3) is 6.08 Å². The van der Waals surface area contributed by atoms with E-state index in [0.717, 1.165) is 17.7 Å². The quantitative estimate of drug-likeness (QED) is 0.411. The molecule has 13 heteroatoms. The van der Waals surface area contributed by atoms with E-state index in [-0.39, 0.29) is 40.1 Å². The molecule has 2 fully saturated rings. The van der Waals surface area contributed by atoms with Gasteiger partial charge in [0.15, 0.2) is 0 Å². The fraction of sp³-hybridized carbons (Fsp3) is 0.360. The van der Waals surface area contributed by atoms with Crippen molar-refractivity contribution in [3.8, 4) is 5.75 Å².